The number of benzene rings is 1. The molecular weight excluding hydrogens is 278 g/mol. The molecule has 0 radical (unpaired) electrons. The third-order valence-corrected chi connectivity index (χ3v) is 2.63. The van der Waals surface area contributed by atoms with E-state index in [9.17, 15) is 18.4 Å². The van der Waals surface area contributed by atoms with Crippen LogP contribution in [0.25, 0.3) is 0 Å². The van der Waals surface area contributed by atoms with Crippen molar-refractivity contribution < 1.29 is 18.4 Å². The van der Waals surface area contributed by atoms with Crippen molar-refractivity contribution in [3.8, 4) is 0 Å². The van der Waals surface area contributed by atoms with E-state index in [1.165, 1.54) is 4.90 Å². The van der Waals surface area contributed by atoms with Gasteiger partial charge in [0.15, 0.2) is 0 Å². The lowest BCUT2D eigenvalue weighted by Gasteiger charge is -2.25. The van der Waals surface area contributed by atoms with Crippen LogP contribution >= 0.6 is 0 Å². The van der Waals surface area contributed by atoms with Gasteiger partial charge in [-0.15, -0.1) is 0 Å². The van der Waals surface area contributed by atoms with Crippen LogP contribution < -0.4 is 5.32 Å². The molecule has 0 aromatic heterocycles. The summed E-state index contributed by atoms with van der Waals surface area (Å²) in [5.41, 5.74) is -0.525. The third kappa shape index (κ3) is 5.49. The van der Waals surface area contributed by atoms with E-state index in [4.69, 9.17) is 0 Å². The number of halogens is 2. The minimum Gasteiger partial charge on any atom is -0.350 e. The second-order valence-electron chi connectivity index (χ2n) is 5.78. The summed E-state index contributed by atoms with van der Waals surface area (Å²) in [6, 6.07) is 2.60. The molecule has 1 aromatic carbocycles. The molecule has 0 saturated heterocycles. The predicted octanol–water partition coefficient (Wildman–Crippen LogP) is 2.34. The highest BCUT2D eigenvalue weighted by Crippen LogP contribution is 2.11. The molecule has 116 valence electrons. The van der Waals surface area contributed by atoms with Crippen LogP contribution in [0.5, 0.6) is 0 Å². The van der Waals surface area contributed by atoms with E-state index < -0.39 is 23.1 Å². The molecular formula is C15H20F2N2O2. The van der Waals surface area contributed by atoms with E-state index >= 15 is 0 Å². The third-order valence-electron chi connectivity index (χ3n) is 2.63. The quantitative estimate of drug-likeness (QED) is 0.927. The van der Waals surface area contributed by atoms with Crippen LogP contribution in [-0.4, -0.2) is 35.3 Å². The molecule has 1 N–H and O–H groups in total. The molecule has 4 nitrogen and oxygen atoms in total. The van der Waals surface area contributed by atoms with Crippen LogP contribution in [-0.2, 0) is 4.79 Å². The van der Waals surface area contributed by atoms with E-state index in [2.05, 4.69) is 5.32 Å². The van der Waals surface area contributed by atoms with Crippen molar-refractivity contribution in [2.24, 2.45) is 0 Å². The van der Waals surface area contributed by atoms with Crippen LogP contribution in [0.4, 0.5) is 8.78 Å². The maximum atomic E-state index is 13.2. The Bertz CT molecular complexity index is 519. The first-order valence-electron chi connectivity index (χ1n) is 6.68. The molecule has 0 saturated carbocycles. The summed E-state index contributed by atoms with van der Waals surface area (Å²) < 4.78 is 26.3. The van der Waals surface area contributed by atoms with Gasteiger partial charge in [-0.05, 0) is 39.8 Å². The number of carbonyl (C=O) groups is 2. The minimum atomic E-state index is -0.825. The van der Waals surface area contributed by atoms with Crippen molar-refractivity contribution in [2.45, 2.75) is 33.2 Å². The zero-order valence-corrected chi connectivity index (χ0v) is 12.7. The Morgan fingerprint density at radius 3 is 2.10 bits per heavy atom. The summed E-state index contributed by atoms with van der Waals surface area (Å²) in [4.78, 5) is 25.3. The molecule has 0 heterocycles. The van der Waals surface area contributed by atoms with E-state index in [0.717, 1.165) is 12.1 Å². The molecule has 0 bridgehead atoms. The Balaban J connectivity index is 2.84. The Morgan fingerprint density at radius 1 is 1.14 bits per heavy atom. The number of hydrogen-bond acceptors (Lipinski definition) is 2. The molecule has 2 amide bonds. The molecule has 21 heavy (non-hydrogen) atoms. The Kier molecular flexibility index (Phi) is 5.41. The zero-order valence-electron chi connectivity index (χ0n) is 12.7. The van der Waals surface area contributed by atoms with Gasteiger partial charge in [-0.2, -0.15) is 0 Å². The summed E-state index contributed by atoms with van der Waals surface area (Å²) in [5.74, 6) is -2.56. The second-order valence-corrected chi connectivity index (χ2v) is 5.78. The minimum absolute atomic E-state index is 0.113. The van der Waals surface area contributed by atoms with Crippen molar-refractivity contribution in [1.82, 2.24) is 10.2 Å². The number of amides is 2. The number of nitrogens with zero attached hydrogens (tertiary/aromatic N) is 1. The van der Waals surface area contributed by atoms with Crippen molar-refractivity contribution in [1.29, 1.82) is 0 Å². The normalized spacial score (nSPS) is 11.1. The Labute approximate surface area is 123 Å². The second kappa shape index (κ2) is 6.65. The SMILES string of the molecule is CCN(CC(=O)NC(C)(C)C)C(=O)c1cc(F)cc(F)c1. The van der Waals surface area contributed by atoms with Gasteiger partial charge in [-0.25, -0.2) is 8.78 Å². The van der Waals surface area contributed by atoms with Gasteiger partial charge in [-0.3, -0.25) is 9.59 Å². The molecule has 1 aromatic rings. The van der Waals surface area contributed by atoms with Gasteiger partial charge in [0.25, 0.3) is 5.91 Å². The number of nitrogens with one attached hydrogen (secondary N) is 1. The first kappa shape index (κ1) is 17.1. The molecule has 0 aliphatic carbocycles. The number of hydrogen-bond donors (Lipinski definition) is 1. The summed E-state index contributed by atoms with van der Waals surface area (Å²) in [6.45, 7) is 7.26. The van der Waals surface area contributed by atoms with Gasteiger partial charge in [-0.1, -0.05) is 0 Å². The number of carbonyl (C=O) groups excluding carboxylic acids is 2. The van der Waals surface area contributed by atoms with Gasteiger partial charge in [0, 0.05) is 23.7 Å². The monoisotopic (exact) mass is 298 g/mol. The lowest BCUT2D eigenvalue weighted by molar-refractivity contribution is -0.123. The van der Waals surface area contributed by atoms with Crippen LogP contribution in [0.15, 0.2) is 18.2 Å². The summed E-state index contributed by atoms with van der Waals surface area (Å²) in [6.07, 6.45) is 0. The highest BCUT2D eigenvalue weighted by atomic mass is 19.1. The van der Waals surface area contributed by atoms with Crippen molar-refractivity contribution >= 4 is 11.8 Å². The van der Waals surface area contributed by atoms with Crippen LogP contribution in [0.1, 0.15) is 38.1 Å². The van der Waals surface area contributed by atoms with Crippen molar-refractivity contribution in [3.63, 3.8) is 0 Å². The molecule has 0 unspecified atom stereocenters. The van der Waals surface area contributed by atoms with E-state index in [-0.39, 0.29) is 24.6 Å². The van der Waals surface area contributed by atoms with Gasteiger partial charge in [0.1, 0.15) is 11.6 Å². The fourth-order valence-electron chi connectivity index (χ4n) is 1.82. The summed E-state index contributed by atoms with van der Waals surface area (Å²) >= 11 is 0. The molecule has 0 spiro atoms. The first-order chi connectivity index (χ1) is 9.62. The van der Waals surface area contributed by atoms with Gasteiger partial charge < -0.3 is 10.2 Å². The van der Waals surface area contributed by atoms with Gasteiger partial charge in [0.2, 0.25) is 5.91 Å². The van der Waals surface area contributed by atoms with Crippen LogP contribution in [0.3, 0.4) is 0 Å². The predicted molar refractivity (Wildman–Crippen MR) is 75.8 cm³/mol. The highest BCUT2D eigenvalue weighted by Gasteiger charge is 2.21. The summed E-state index contributed by atoms with van der Waals surface area (Å²) in [7, 11) is 0. The largest absolute Gasteiger partial charge is 0.350 e. The molecule has 1 rings (SSSR count). The molecule has 0 aliphatic rings. The molecule has 0 aliphatic heterocycles. The fraction of sp³-hybridized carbons (Fsp3) is 0.467. The maximum Gasteiger partial charge on any atom is 0.254 e. The molecule has 6 heteroatoms. The molecule has 0 atom stereocenters. The van der Waals surface area contributed by atoms with E-state index in [1.54, 1.807) is 6.92 Å². The summed E-state index contributed by atoms with van der Waals surface area (Å²) in [5, 5.41) is 2.73. The first-order valence-corrected chi connectivity index (χ1v) is 6.68. The lowest BCUT2D eigenvalue weighted by Crippen LogP contribution is -2.47. The smallest absolute Gasteiger partial charge is 0.254 e. The van der Waals surface area contributed by atoms with Crippen molar-refractivity contribution in [2.75, 3.05) is 13.1 Å². The van der Waals surface area contributed by atoms with E-state index in [0.29, 0.717) is 6.07 Å². The van der Waals surface area contributed by atoms with Crippen LogP contribution in [0.2, 0.25) is 0 Å². The molecule has 0 fully saturated rings. The number of rotatable bonds is 4. The maximum absolute atomic E-state index is 13.2. The van der Waals surface area contributed by atoms with Crippen LogP contribution in [0, 0.1) is 11.6 Å². The average molecular weight is 298 g/mol. The standard InChI is InChI=1S/C15H20F2N2O2/c1-5-19(9-13(20)18-15(2,3)4)14(21)10-6-11(16)8-12(17)7-10/h6-8H,5,9H2,1-4H3,(H,18,20). The Morgan fingerprint density at radius 2 is 1.67 bits per heavy atom. The zero-order chi connectivity index (χ0) is 16.2. The topological polar surface area (TPSA) is 49.4 Å². The average Bonchev–Trinajstić information content (AvgIpc) is 2.31. The van der Waals surface area contributed by atoms with Gasteiger partial charge in [0.05, 0.1) is 6.54 Å². The van der Waals surface area contributed by atoms with Gasteiger partial charge >= 0.3 is 0 Å². The highest BCUT2D eigenvalue weighted by molar-refractivity contribution is 5.96. The van der Waals surface area contributed by atoms with E-state index in [1.807, 2.05) is 20.8 Å². The lowest BCUT2D eigenvalue weighted by atomic mass is 10.1. The Hall–Kier alpha value is -1.98. The number of likely N-dealkylation sites (N-methyl/N-ethyl adjacent to an activating group) is 1. The fourth-order valence-corrected chi connectivity index (χ4v) is 1.82. The van der Waals surface area contributed by atoms with Crippen molar-refractivity contribution in [3.05, 3.63) is 35.4 Å².